The van der Waals surface area contributed by atoms with E-state index in [4.69, 9.17) is 22.7 Å². The maximum atomic E-state index is 5.59. The van der Waals surface area contributed by atoms with Gasteiger partial charge in [-0.25, -0.2) is 0 Å². The van der Waals surface area contributed by atoms with E-state index in [9.17, 15) is 0 Å². The van der Waals surface area contributed by atoms with Gasteiger partial charge in [0.05, 0.1) is 11.8 Å². The maximum absolute atomic E-state index is 5.59. The summed E-state index contributed by atoms with van der Waals surface area (Å²) in [6, 6.07) is 3.99. The predicted molar refractivity (Wildman–Crippen MR) is 75.4 cm³/mol. The van der Waals surface area contributed by atoms with Gasteiger partial charge in [0.25, 0.3) is 0 Å². The Balaban J connectivity index is 1.94. The number of thiocarbonyl (C=S) groups is 1. The van der Waals surface area contributed by atoms with Crippen LogP contribution in [0.3, 0.4) is 0 Å². The number of ether oxygens (including phenoxy) is 1. The number of pyridine rings is 1. The minimum Gasteiger partial charge on any atom is -0.388 e. The van der Waals surface area contributed by atoms with Crippen molar-refractivity contribution in [3.05, 3.63) is 29.6 Å². The van der Waals surface area contributed by atoms with Crippen LogP contribution in [0.4, 0.5) is 0 Å². The third kappa shape index (κ3) is 3.48. The Kier molecular flexibility index (Phi) is 4.63. The molecule has 5 heteroatoms. The molecule has 0 bridgehead atoms. The van der Waals surface area contributed by atoms with Crippen molar-refractivity contribution in [3.63, 3.8) is 0 Å². The summed E-state index contributed by atoms with van der Waals surface area (Å²) in [5.41, 5.74) is 7.51. The van der Waals surface area contributed by atoms with Gasteiger partial charge in [0.2, 0.25) is 0 Å². The van der Waals surface area contributed by atoms with E-state index in [0.29, 0.717) is 16.8 Å². The highest BCUT2D eigenvalue weighted by atomic mass is 32.1. The van der Waals surface area contributed by atoms with Gasteiger partial charge in [-0.1, -0.05) is 12.2 Å². The second-order valence-electron chi connectivity index (χ2n) is 4.62. The van der Waals surface area contributed by atoms with E-state index >= 15 is 0 Å². The molecule has 2 N–H and O–H groups in total. The SMILES string of the molecule is COC1CCN(Cc2ccnc(C(N)=S)c2)CC1. The lowest BCUT2D eigenvalue weighted by Gasteiger charge is -2.31. The largest absolute Gasteiger partial charge is 0.388 e. The van der Waals surface area contributed by atoms with Gasteiger partial charge in [0.1, 0.15) is 4.99 Å². The molecule has 2 rings (SSSR count). The zero-order valence-corrected chi connectivity index (χ0v) is 11.4. The molecule has 1 aromatic rings. The molecule has 0 aliphatic carbocycles. The fourth-order valence-corrected chi connectivity index (χ4v) is 2.38. The second kappa shape index (κ2) is 6.22. The van der Waals surface area contributed by atoms with E-state index in [1.54, 1.807) is 13.3 Å². The van der Waals surface area contributed by atoms with Crippen LogP contribution in [0.2, 0.25) is 0 Å². The van der Waals surface area contributed by atoms with Gasteiger partial charge in [-0.2, -0.15) is 0 Å². The van der Waals surface area contributed by atoms with E-state index in [1.807, 2.05) is 12.1 Å². The number of rotatable bonds is 4. The van der Waals surface area contributed by atoms with Crippen LogP contribution in [0.5, 0.6) is 0 Å². The number of aromatic nitrogens is 1. The van der Waals surface area contributed by atoms with Crippen LogP contribution in [-0.4, -0.2) is 41.2 Å². The molecule has 0 amide bonds. The third-order valence-electron chi connectivity index (χ3n) is 3.35. The minimum atomic E-state index is 0.356. The van der Waals surface area contributed by atoms with Gasteiger partial charge >= 0.3 is 0 Å². The van der Waals surface area contributed by atoms with Crippen LogP contribution in [0.25, 0.3) is 0 Å². The zero-order chi connectivity index (χ0) is 13.0. The molecule has 0 saturated carbocycles. The van der Waals surface area contributed by atoms with Gasteiger partial charge in [-0.3, -0.25) is 9.88 Å². The lowest BCUT2D eigenvalue weighted by molar-refractivity contribution is 0.0388. The molecule has 1 fully saturated rings. The Morgan fingerprint density at radius 2 is 2.28 bits per heavy atom. The van der Waals surface area contributed by atoms with Crippen molar-refractivity contribution < 1.29 is 4.74 Å². The fraction of sp³-hybridized carbons (Fsp3) is 0.538. The van der Waals surface area contributed by atoms with E-state index in [0.717, 1.165) is 32.5 Å². The van der Waals surface area contributed by atoms with E-state index in [-0.39, 0.29) is 0 Å². The van der Waals surface area contributed by atoms with Crippen molar-refractivity contribution in [2.45, 2.75) is 25.5 Å². The van der Waals surface area contributed by atoms with Crippen LogP contribution in [0.1, 0.15) is 24.1 Å². The summed E-state index contributed by atoms with van der Waals surface area (Å²) in [6.07, 6.45) is 4.39. The Bertz CT molecular complexity index is 416. The van der Waals surface area contributed by atoms with Crippen molar-refractivity contribution in [2.24, 2.45) is 5.73 Å². The first-order valence-corrected chi connectivity index (χ1v) is 6.59. The molecule has 98 valence electrons. The molecule has 0 aromatic carbocycles. The van der Waals surface area contributed by atoms with Gasteiger partial charge < -0.3 is 10.5 Å². The van der Waals surface area contributed by atoms with E-state index in [2.05, 4.69) is 9.88 Å². The Morgan fingerprint density at radius 1 is 1.56 bits per heavy atom. The minimum absolute atomic E-state index is 0.356. The highest BCUT2D eigenvalue weighted by Crippen LogP contribution is 2.15. The summed E-state index contributed by atoms with van der Waals surface area (Å²) in [4.78, 5) is 6.93. The molecular weight excluding hydrogens is 246 g/mol. The summed E-state index contributed by atoms with van der Waals surface area (Å²) in [6.45, 7) is 3.07. The first kappa shape index (κ1) is 13.4. The first-order valence-electron chi connectivity index (χ1n) is 6.19. The predicted octanol–water partition coefficient (Wildman–Crippen LogP) is 1.33. The van der Waals surface area contributed by atoms with Crippen molar-refractivity contribution in [1.82, 2.24) is 9.88 Å². The summed E-state index contributed by atoms with van der Waals surface area (Å²) in [5.74, 6) is 0. The molecule has 1 saturated heterocycles. The van der Waals surface area contributed by atoms with Gasteiger partial charge in [0.15, 0.2) is 0 Å². The number of nitrogens with two attached hydrogens (primary N) is 1. The summed E-state index contributed by atoms with van der Waals surface area (Å²) in [5, 5.41) is 0. The summed E-state index contributed by atoms with van der Waals surface area (Å²) >= 11 is 4.94. The van der Waals surface area contributed by atoms with Crippen LogP contribution < -0.4 is 5.73 Å². The lowest BCUT2D eigenvalue weighted by Crippen LogP contribution is -2.36. The first-order chi connectivity index (χ1) is 8.69. The molecule has 1 aliphatic heterocycles. The Hall–Kier alpha value is -1.04. The van der Waals surface area contributed by atoms with Gasteiger partial charge in [0, 0.05) is 32.9 Å². The zero-order valence-electron chi connectivity index (χ0n) is 10.6. The van der Waals surface area contributed by atoms with Gasteiger partial charge in [-0.05, 0) is 30.5 Å². The number of hydrogen-bond acceptors (Lipinski definition) is 4. The van der Waals surface area contributed by atoms with E-state index < -0.39 is 0 Å². The number of methoxy groups -OCH3 is 1. The van der Waals surface area contributed by atoms with Crippen molar-refractivity contribution >= 4 is 17.2 Å². The fourth-order valence-electron chi connectivity index (χ4n) is 2.27. The number of piperidine rings is 1. The standard InChI is InChI=1S/C13H19N3OS/c1-17-11-3-6-16(7-4-11)9-10-2-5-15-12(8-10)13(14)18/h2,5,8,11H,3-4,6-7,9H2,1H3,(H2,14,18). The lowest BCUT2D eigenvalue weighted by atomic mass is 10.1. The Labute approximate surface area is 113 Å². The van der Waals surface area contributed by atoms with Crippen molar-refractivity contribution in [1.29, 1.82) is 0 Å². The molecule has 0 radical (unpaired) electrons. The quantitative estimate of drug-likeness (QED) is 0.832. The molecule has 0 unspecified atom stereocenters. The second-order valence-corrected chi connectivity index (χ2v) is 5.06. The monoisotopic (exact) mass is 265 g/mol. The van der Waals surface area contributed by atoms with Crippen molar-refractivity contribution in [3.8, 4) is 0 Å². The molecule has 2 heterocycles. The molecule has 0 spiro atoms. The molecular formula is C13H19N3OS. The summed E-state index contributed by atoms with van der Waals surface area (Å²) in [7, 11) is 1.79. The third-order valence-corrected chi connectivity index (χ3v) is 3.56. The number of nitrogens with zero attached hydrogens (tertiary/aromatic N) is 2. The summed E-state index contributed by atoms with van der Waals surface area (Å²) < 4.78 is 5.37. The highest BCUT2D eigenvalue weighted by molar-refractivity contribution is 7.80. The number of likely N-dealkylation sites (tertiary alicyclic amines) is 1. The Morgan fingerprint density at radius 3 is 2.89 bits per heavy atom. The smallest absolute Gasteiger partial charge is 0.122 e. The van der Waals surface area contributed by atoms with Crippen LogP contribution in [-0.2, 0) is 11.3 Å². The average Bonchev–Trinajstić information content (AvgIpc) is 2.40. The van der Waals surface area contributed by atoms with Crippen LogP contribution in [0.15, 0.2) is 18.3 Å². The molecule has 1 aliphatic rings. The molecule has 18 heavy (non-hydrogen) atoms. The van der Waals surface area contributed by atoms with Gasteiger partial charge in [-0.15, -0.1) is 0 Å². The molecule has 0 atom stereocenters. The normalized spacial score (nSPS) is 17.8. The van der Waals surface area contributed by atoms with Crippen LogP contribution >= 0.6 is 12.2 Å². The molecule has 4 nitrogen and oxygen atoms in total. The van der Waals surface area contributed by atoms with Crippen molar-refractivity contribution in [2.75, 3.05) is 20.2 Å². The topological polar surface area (TPSA) is 51.4 Å². The highest BCUT2D eigenvalue weighted by Gasteiger charge is 2.18. The van der Waals surface area contributed by atoms with Crippen LogP contribution in [0, 0.1) is 0 Å². The molecule has 1 aromatic heterocycles. The van der Waals surface area contributed by atoms with E-state index in [1.165, 1.54) is 5.56 Å². The number of hydrogen-bond donors (Lipinski definition) is 1. The maximum Gasteiger partial charge on any atom is 0.122 e. The average molecular weight is 265 g/mol.